The first-order valence-electron chi connectivity index (χ1n) is 12.2. The summed E-state index contributed by atoms with van der Waals surface area (Å²) in [5, 5.41) is 11.0. The second-order valence-electron chi connectivity index (χ2n) is 11.1. The Kier molecular flexibility index (Phi) is 8.36. The lowest BCUT2D eigenvalue weighted by atomic mass is 9.80. The van der Waals surface area contributed by atoms with Crippen molar-refractivity contribution in [3.05, 3.63) is 0 Å². The van der Waals surface area contributed by atoms with E-state index in [2.05, 4.69) is 11.9 Å². The molecule has 0 aromatic carbocycles. The van der Waals surface area contributed by atoms with Crippen molar-refractivity contribution < 1.29 is 23.4 Å². The number of aliphatic hydroxyl groups excluding tert-OH is 1. The van der Waals surface area contributed by atoms with E-state index in [0.717, 1.165) is 32.4 Å². The summed E-state index contributed by atoms with van der Waals surface area (Å²) >= 11 is 0. The summed E-state index contributed by atoms with van der Waals surface area (Å²) in [6.45, 7) is 7.78. The van der Waals surface area contributed by atoms with Crippen LogP contribution in [0.5, 0.6) is 0 Å². The van der Waals surface area contributed by atoms with Crippen LogP contribution in [0.25, 0.3) is 0 Å². The minimum Gasteiger partial charge on any atom is -0.391 e. The number of halogens is 2. The molecule has 0 aromatic rings. The SMILES string of the molecule is CN1CC[C@H]2CC(=O)N(CC3CCC(F)(F)CC3)C[C@H](O)C(C)(C)COCCC[C@H]2C1. The topological polar surface area (TPSA) is 53.0 Å². The molecule has 5 nitrogen and oxygen atoms in total. The molecule has 0 radical (unpaired) electrons. The fraction of sp³-hybridized carbons (Fsp3) is 0.958. The van der Waals surface area contributed by atoms with Crippen LogP contribution in [0, 0.1) is 23.2 Å². The molecule has 180 valence electrons. The molecule has 3 atom stereocenters. The molecule has 1 aliphatic carbocycles. The van der Waals surface area contributed by atoms with Crippen LogP contribution in [0.15, 0.2) is 0 Å². The summed E-state index contributed by atoms with van der Waals surface area (Å²) in [5.74, 6) is -1.60. The molecule has 0 unspecified atom stereocenters. The monoisotopic (exact) mass is 444 g/mol. The Balaban J connectivity index is 1.74. The molecule has 7 heteroatoms. The number of aliphatic hydroxyl groups is 1. The predicted molar refractivity (Wildman–Crippen MR) is 117 cm³/mol. The van der Waals surface area contributed by atoms with Gasteiger partial charge in [-0.05, 0) is 63.5 Å². The number of likely N-dealkylation sites (tertiary alicyclic amines) is 1. The normalized spacial score (nSPS) is 34.3. The first-order valence-corrected chi connectivity index (χ1v) is 12.2. The van der Waals surface area contributed by atoms with Crippen LogP contribution in [-0.2, 0) is 9.53 Å². The smallest absolute Gasteiger partial charge is 0.248 e. The maximum Gasteiger partial charge on any atom is 0.248 e. The number of piperidine rings is 1. The minimum atomic E-state index is -2.57. The number of carbonyl (C=O) groups excluding carboxylic acids is 1. The second kappa shape index (κ2) is 10.4. The largest absolute Gasteiger partial charge is 0.391 e. The Morgan fingerprint density at radius 3 is 2.52 bits per heavy atom. The predicted octanol–water partition coefficient (Wildman–Crippen LogP) is 3.80. The van der Waals surface area contributed by atoms with E-state index >= 15 is 0 Å². The van der Waals surface area contributed by atoms with E-state index in [1.54, 1.807) is 4.90 Å². The Bertz CT molecular complexity index is 591. The van der Waals surface area contributed by atoms with Crippen LogP contribution in [0.1, 0.15) is 65.2 Å². The number of ether oxygens (including phenoxy) is 1. The van der Waals surface area contributed by atoms with Gasteiger partial charge >= 0.3 is 0 Å². The zero-order valence-electron chi connectivity index (χ0n) is 19.6. The molecular weight excluding hydrogens is 402 g/mol. The Morgan fingerprint density at radius 2 is 1.81 bits per heavy atom. The Labute approximate surface area is 186 Å². The summed E-state index contributed by atoms with van der Waals surface area (Å²) in [7, 11) is 2.14. The Hall–Kier alpha value is -0.790. The maximum atomic E-state index is 13.6. The van der Waals surface area contributed by atoms with E-state index in [0.29, 0.717) is 50.9 Å². The number of nitrogens with zero attached hydrogens (tertiary/aromatic N) is 2. The lowest BCUT2D eigenvalue weighted by Crippen LogP contribution is -2.48. The number of amides is 1. The molecule has 1 amide bonds. The Morgan fingerprint density at radius 1 is 1.10 bits per heavy atom. The molecule has 2 aliphatic heterocycles. The van der Waals surface area contributed by atoms with Crippen molar-refractivity contribution in [3.8, 4) is 0 Å². The van der Waals surface area contributed by atoms with Crippen molar-refractivity contribution in [2.45, 2.75) is 77.2 Å². The van der Waals surface area contributed by atoms with Crippen LogP contribution in [0.2, 0.25) is 0 Å². The standard InChI is InChI=1S/C24H42F2N2O3/c1-23(2)17-31-12-4-5-20-15-27(3)11-8-19(20)13-22(30)28(16-21(23)29)14-18-6-9-24(25,26)10-7-18/h18-21,29H,4-17H2,1-3H3/t19-,20-,21-/m0/s1. The molecule has 2 saturated heterocycles. The average molecular weight is 445 g/mol. The van der Waals surface area contributed by atoms with Crippen molar-refractivity contribution in [1.82, 2.24) is 9.80 Å². The molecule has 0 aromatic heterocycles. The molecule has 31 heavy (non-hydrogen) atoms. The molecule has 1 N–H and O–H groups in total. The highest BCUT2D eigenvalue weighted by molar-refractivity contribution is 5.76. The quantitative estimate of drug-likeness (QED) is 0.704. The highest BCUT2D eigenvalue weighted by Gasteiger charge is 2.38. The molecule has 0 spiro atoms. The zero-order chi connectivity index (χ0) is 22.6. The van der Waals surface area contributed by atoms with Gasteiger partial charge in [0.05, 0.1) is 12.7 Å². The fourth-order valence-corrected chi connectivity index (χ4v) is 5.42. The molecule has 3 aliphatic rings. The van der Waals surface area contributed by atoms with E-state index in [-0.39, 0.29) is 31.2 Å². The van der Waals surface area contributed by atoms with Gasteiger partial charge in [0, 0.05) is 50.9 Å². The van der Waals surface area contributed by atoms with Gasteiger partial charge in [0.2, 0.25) is 11.8 Å². The second-order valence-corrected chi connectivity index (χ2v) is 11.1. The summed E-state index contributed by atoms with van der Waals surface area (Å²) in [6.07, 6.45) is 3.48. The van der Waals surface area contributed by atoms with Gasteiger partial charge in [-0.3, -0.25) is 4.79 Å². The van der Waals surface area contributed by atoms with Gasteiger partial charge in [0.1, 0.15) is 0 Å². The number of rotatable bonds is 2. The van der Waals surface area contributed by atoms with Gasteiger partial charge in [0.25, 0.3) is 0 Å². The van der Waals surface area contributed by atoms with Gasteiger partial charge in [-0.25, -0.2) is 8.78 Å². The first-order chi connectivity index (χ1) is 14.6. The van der Waals surface area contributed by atoms with Crippen molar-refractivity contribution in [2.24, 2.45) is 23.2 Å². The summed E-state index contributed by atoms with van der Waals surface area (Å²) < 4.78 is 33.1. The van der Waals surface area contributed by atoms with Crippen LogP contribution < -0.4 is 0 Å². The van der Waals surface area contributed by atoms with E-state index in [1.807, 2.05) is 13.8 Å². The van der Waals surface area contributed by atoms with E-state index in [9.17, 15) is 18.7 Å². The minimum absolute atomic E-state index is 0.0758. The van der Waals surface area contributed by atoms with Crippen molar-refractivity contribution in [2.75, 3.05) is 46.4 Å². The lowest BCUT2D eigenvalue weighted by Gasteiger charge is -2.39. The first kappa shape index (κ1) is 24.8. The van der Waals surface area contributed by atoms with E-state index < -0.39 is 17.4 Å². The van der Waals surface area contributed by atoms with Crippen LogP contribution in [-0.4, -0.2) is 79.3 Å². The number of β-amino-alcohol motifs (C(OH)–C–C–N with tert-alkyl or cyclic N) is 1. The van der Waals surface area contributed by atoms with E-state index in [4.69, 9.17) is 4.74 Å². The zero-order valence-corrected chi connectivity index (χ0v) is 19.6. The number of fused-ring (bicyclic) bond motifs is 1. The number of alkyl halides is 2. The van der Waals surface area contributed by atoms with Gasteiger partial charge < -0.3 is 19.6 Å². The summed E-state index contributed by atoms with van der Waals surface area (Å²) in [6, 6.07) is 0. The van der Waals surface area contributed by atoms with Crippen LogP contribution >= 0.6 is 0 Å². The van der Waals surface area contributed by atoms with E-state index in [1.165, 1.54) is 0 Å². The lowest BCUT2D eigenvalue weighted by molar-refractivity contribution is -0.137. The van der Waals surface area contributed by atoms with Gasteiger partial charge in [0.15, 0.2) is 0 Å². The number of carbonyl (C=O) groups is 1. The molecule has 3 fully saturated rings. The third-order valence-electron chi connectivity index (χ3n) is 7.83. The highest BCUT2D eigenvalue weighted by Crippen LogP contribution is 2.37. The molecule has 0 bridgehead atoms. The van der Waals surface area contributed by atoms with Crippen molar-refractivity contribution in [1.29, 1.82) is 0 Å². The van der Waals surface area contributed by atoms with Gasteiger partial charge in [-0.2, -0.15) is 0 Å². The molecule has 2 heterocycles. The molecular formula is C24H42F2N2O3. The molecule has 1 saturated carbocycles. The number of hydrogen-bond acceptors (Lipinski definition) is 4. The molecule has 3 rings (SSSR count). The van der Waals surface area contributed by atoms with Crippen molar-refractivity contribution >= 4 is 5.91 Å². The highest BCUT2D eigenvalue weighted by atomic mass is 19.3. The third-order valence-corrected chi connectivity index (χ3v) is 7.83. The van der Waals surface area contributed by atoms with Gasteiger partial charge in [-0.15, -0.1) is 0 Å². The summed E-state index contributed by atoms with van der Waals surface area (Å²) in [4.78, 5) is 17.6. The van der Waals surface area contributed by atoms with Crippen LogP contribution in [0.4, 0.5) is 8.78 Å². The summed E-state index contributed by atoms with van der Waals surface area (Å²) in [5.41, 5.74) is -0.473. The average Bonchev–Trinajstić information content (AvgIpc) is 2.70. The fourth-order valence-electron chi connectivity index (χ4n) is 5.42. The number of hydrogen-bond donors (Lipinski definition) is 1. The van der Waals surface area contributed by atoms with Crippen molar-refractivity contribution in [3.63, 3.8) is 0 Å². The van der Waals surface area contributed by atoms with Gasteiger partial charge in [-0.1, -0.05) is 13.8 Å². The van der Waals surface area contributed by atoms with Crippen LogP contribution in [0.3, 0.4) is 0 Å². The maximum absolute atomic E-state index is 13.6. The third kappa shape index (κ3) is 7.10.